The second-order valence-electron chi connectivity index (χ2n) is 14.1. The number of thiophene rings is 1. The van der Waals surface area contributed by atoms with Crippen LogP contribution in [0.15, 0.2) is 206 Å². The average Bonchev–Trinajstić information content (AvgIpc) is 3.79. The molecule has 0 radical (unpaired) electrons. The van der Waals surface area contributed by atoms with Crippen molar-refractivity contribution in [3.8, 4) is 27.9 Å². The summed E-state index contributed by atoms with van der Waals surface area (Å²) >= 11 is 1.86. The number of benzene rings is 9. The van der Waals surface area contributed by atoms with Crippen molar-refractivity contribution in [1.82, 2.24) is 4.57 Å². The number of para-hydroxylation sites is 3. The number of hydrogen-bond acceptors (Lipinski definition) is 2. The minimum absolute atomic E-state index is 1.10. The lowest BCUT2D eigenvalue weighted by molar-refractivity contribution is 1.18. The van der Waals surface area contributed by atoms with Crippen LogP contribution >= 0.6 is 11.3 Å². The highest BCUT2D eigenvalue weighted by Crippen LogP contribution is 2.45. The molecule has 2 aromatic heterocycles. The van der Waals surface area contributed by atoms with Gasteiger partial charge in [0.05, 0.1) is 16.7 Å². The van der Waals surface area contributed by atoms with Gasteiger partial charge < -0.3 is 9.47 Å². The maximum absolute atomic E-state index is 2.44. The Bertz CT molecular complexity index is 3200. The van der Waals surface area contributed by atoms with Crippen LogP contribution in [0.3, 0.4) is 0 Å². The van der Waals surface area contributed by atoms with Gasteiger partial charge in [-0.3, -0.25) is 0 Å². The van der Waals surface area contributed by atoms with Crippen LogP contribution in [-0.4, -0.2) is 4.57 Å². The van der Waals surface area contributed by atoms with Crippen molar-refractivity contribution in [2.45, 2.75) is 0 Å². The quantitative estimate of drug-likeness (QED) is 0.166. The molecule has 0 unspecified atom stereocenters. The van der Waals surface area contributed by atoms with E-state index in [0.29, 0.717) is 0 Å². The number of nitrogens with zero attached hydrogens (tertiary/aromatic N) is 2. The maximum atomic E-state index is 2.44. The molecule has 0 bridgehead atoms. The van der Waals surface area contributed by atoms with Gasteiger partial charge >= 0.3 is 0 Å². The molecule has 0 amide bonds. The van der Waals surface area contributed by atoms with E-state index in [1.807, 2.05) is 11.3 Å². The van der Waals surface area contributed by atoms with Gasteiger partial charge in [-0.05, 0) is 100 Å². The van der Waals surface area contributed by atoms with Gasteiger partial charge in [-0.15, -0.1) is 11.3 Å². The smallest absolute Gasteiger partial charge is 0.0542 e. The zero-order valence-corrected chi connectivity index (χ0v) is 30.7. The summed E-state index contributed by atoms with van der Waals surface area (Å²) in [6.45, 7) is 0. The number of rotatable bonds is 6. The lowest BCUT2D eigenvalue weighted by Crippen LogP contribution is -2.11. The SMILES string of the molecule is c1ccc(-n2c3ccccc3c3cc(N(c4ccc(-c5ccc6sc7ccccc7c6c5)cc4)c4ccccc4-c4cccc5ccccc45)ccc32)cc1. The standard InChI is InChI=1S/C52H34N2S/c1-2-15-38(16-3-1)54-49-23-10-7-19-44(49)46-34-40(30-31-50(46)54)53(48-22-9-6-18-43(48)42-21-12-14-36-13-4-5-17-41(36)42)39-28-25-35(26-29-39)37-27-32-52-47(33-37)45-20-8-11-24-51(45)55-52/h1-34H. The monoisotopic (exact) mass is 718 g/mol. The van der Waals surface area contributed by atoms with Crippen molar-refractivity contribution in [3.63, 3.8) is 0 Å². The van der Waals surface area contributed by atoms with E-state index in [0.717, 1.165) is 22.7 Å². The third kappa shape index (κ3) is 5.24. The van der Waals surface area contributed by atoms with Crippen molar-refractivity contribution in [3.05, 3.63) is 206 Å². The van der Waals surface area contributed by atoms with Gasteiger partial charge in [0.15, 0.2) is 0 Å². The second kappa shape index (κ2) is 12.9. The predicted octanol–water partition coefficient (Wildman–Crippen LogP) is 15.1. The first-order chi connectivity index (χ1) is 27.3. The lowest BCUT2D eigenvalue weighted by atomic mass is 9.96. The fourth-order valence-electron chi connectivity index (χ4n) is 8.45. The first-order valence-electron chi connectivity index (χ1n) is 18.8. The van der Waals surface area contributed by atoms with E-state index in [-0.39, 0.29) is 0 Å². The third-order valence-corrected chi connectivity index (χ3v) is 12.1. The Labute approximate surface area is 323 Å². The van der Waals surface area contributed by atoms with Crippen LogP contribution in [0.1, 0.15) is 0 Å². The van der Waals surface area contributed by atoms with Crippen LogP contribution < -0.4 is 4.90 Å². The molecule has 2 heterocycles. The topological polar surface area (TPSA) is 8.17 Å². The summed E-state index contributed by atoms with van der Waals surface area (Å²) in [6.07, 6.45) is 0. The van der Waals surface area contributed by atoms with Gasteiger partial charge in [-0.1, -0.05) is 133 Å². The molecule has 2 nitrogen and oxygen atoms in total. The van der Waals surface area contributed by atoms with E-state index >= 15 is 0 Å². The van der Waals surface area contributed by atoms with Gasteiger partial charge in [0.2, 0.25) is 0 Å². The molecular formula is C52H34N2S. The molecule has 0 spiro atoms. The Balaban J connectivity index is 1.11. The number of hydrogen-bond donors (Lipinski definition) is 0. The van der Waals surface area contributed by atoms with Crippen molar-refractivity contribution in [1.29, 1.82) is 0 Å². The van der Waals surface area contributed by atoms with Crippen molar-refractivity contribution >= 4 is 81.1 Å². The normalized spacial score (nSPS) is 11.6. The van der Waals surface area contributed by atoms with Gasteiger partial charge in [0, 0.05) is 53.6 Å². The number of aromatic nitrogens is 1. The highest BCUT2D eigenvalue weighted by Gasteiger charge is 2.21. The molecule has 11 rings (SSSR count). The second-order valence-corrected chi connectivity index (χ2v) is 15.2. The molecule has 258 valence electrons. The van der Waals surface area contributed by atoms with Gasteiger partial charge in [-0.25, -0.2) is 0 Å². The molecule has 0 aliphatic carbocycles. The van der Waals surface area contributed by atoms with Crippen LogP contribution in [0, 0.1) is 0 Å². The minimum Gasteiger partial charge on any atom is -0.310 e. The van der Waals surface area contributed by atoms with E-state index in [9.17, 15) is 0 Å². The number of fused-ring (bicyclic) bond motifs is 7. The molecule has 3 heteroatoms. The zero-order chi connectivity index (χ0) is 36.3. The fourth-order valence-corrected chi connectivity index (χ4v) is 9.53. The molecule has 0 aliphatic rings. The van der Waals surface area contributed by atoms with Gasteiger partial charge in [-0.2, -0.15) is 0 Å². The molecule has 0 fully saturated rings. The summed E-state index contributed by atoms with van der Waals surface area (Å²) in [5.41, 5.74) is 11.7. The molecule has 0 saturated carbocycles. The van der Waals surface area contributed by atoms with E-state index in [2.05, 4.69) is 216 Å². The molecule has 0 N–H and O–H groups in total. The highest BCUT2D eigenvalue weighted by atomic mass is 32.1. The molecule has 55 heavy (non-hydrogen) atoms. The average molecular weight is 719 g/mol. The fraction of sp³-hybridized carbons (Fsp3) is 0. The Morgan fingerprint density at radius 3 is 1.89 bits per heavy atom. The van der Waals surface area contributed by atoms with Crippen LogP contribution in [-0.2, 0) is 0 Å². The summed E-state index contributed by atoms with van der Waals surface area (Å²) in [5.74, 6) is 0. The summed E-state index contributed by atoms with van der Waals surface area (Å²) in [6, 6.07) is 75.2. The van der Waals surface area contributed by atoms with Crippen LogP contribution in [0.25, 0.3) is 80.7 Å². The predicted molar refractivity (Wildman–Crippen MR) is 237 cm³/mol. The molecule has 0 aliphatic heterocycles. The third-order valence-electron chi connectivity index (χ3n) is 11.0. The largest absolute Gasteiger partial charge is 0.310 e. The van der Waals surface area contributed by atoms with Gasteiger partial charge in [0.25, 0.3) is 0 Å². The summed E-state index contributed by atoms with van der Waals surface area (Å²) < 4.78 is 5.03. The highest BCUT2D eigenvalue weighted by molar-refractivity contribution is 7.25. The Hall–Kier alpha value is -6.94. The Morgan fingerprint density at radius 1 is 0.364 bits per heavy atom. The Morgan fingerprint density at radius 2 is 1.00 bits per heavy atom. The van der Waals surface area contributed by atoms with Crippen molar-refractivity contribution in [2.75, 3.05) is 4.90 Å². The number of anilines is 3. The van der Waals surface area contributed by atoms with Crippen LogP contribution in [0.5, 0.6) is 0 Å². The first kappa shape index (κ1) is 31.6. The maximum Gasteiger partial charge on any atom is 0.0542 e. The lowest BCUT2D eigenvalue weighted by Gasteiger charge is -2.28. The van der Waals surface area contributed by atoms with E-state index in [4.69, 9.17) is 0 Å². The van der Waals surface area contributed by atoms with Crippen molar-refractivity contribution in [2.24, 2.45) is 0 Å². The van der Waals surface area contributed by atoms with Gasteiger partial charge in [0.1, 0.15) is 0 Å². The van der Waals surface area contributed by atoms with Crippen LogP contribution in [0.2, 0.25) is 0 Å². The molecular weight excluding hydrogens is 685 g/mol. The minimum atomic E-state index is 1.10. The summed E-state index contributed by atoms with van der Waals surface area (Å²) in [5, 5.41) is 7.56. The van der Waals surface area contributed by atoms with E-state index < -0.39 is 0 Å². The van der Waals surface area contributed by atoms with Crippen LogP contribution in [0.4, 0.5) is 17.1 Å². The first-order valence-corrected chi connectivity index (χ1v) is 19.6. The molecule has 9 aromatic carbocycles. The zero-order valence-electron chi connectivity index (χ0n) is 29.9. The summed E-state index contributed by atoms with van der Waals surface area (Å²) in [4.78, 5) is 2.44. The Kier molecular flexibility index (Phi) is 7.39. The van der Waals surface area contributed by atoms with E-state index in [1.165, 1.54) is 75.0 Å². The van der Waals surface area contributed by atoms with E-state index in [1.54, 1.807) is 0 Å². The molecule has 11 aromatic rings. The van der Waals surface area contributed by atoms with Crippen molar-refractivity contribution < 1.29 is 0 Å². The molecule has 0 saturated heterocycles. The molecule has 0 atom stereocenters. The summed E-state index contributed by atoms with van der Waals surface area (Å²) in [7, 11) is 0.